The highest BCUT2D eigenvalue weighted by molar-refractivity contribution is 5.14. The number of benzene rings is 2. The van der Waals surface area contributed by atoms with Gasteiger partial charge in [0, 0.05) is 0 Å². The third-order valence-electron chi connectivity index (χ3n) is 3.32. The van der Waals surface area contributed by atoms with E-state index < -0.39 is 12.1 Å². The van der Waals surface area contributed by atoms with E-state index in [0.29, 0.717) is 19.8 Å². The minimum Gasteiger partial charge on any atom is -0.389 e. The van der Waals surface area contributed by atoms with Crippen LogP contribution in [0.3, 0.4) is 0 Å². The Morgan fingerprint density at radius 1 is 0.773 bits per heavy atom. The molecule has 0 saturated heterocycles. The highest BCUT2D eigenvalue weighted by Gasteiger charge is 2.15. The van der Waals surface area contributed by atoms with Crippen LogP contribution in [0, 0.1) is 0 Å². The normalized spacial score (nSPS) is 13.7. The van der Waals surface area contributed by atoms with Gasteiger partial charge in [-0.3, -0.25) is 0 Å². The second-order valence-electron chi connectivity index (χ2n) is 5.23. The van der Waals surface area contributed by atoms with Crippen molar-refractivity contribution in [1.82, 2.24) is 0 Å². The van der Waals surface area contributed by atoms with Gasteiger partial charge in [0.15, 0.2) is 0 Å². The Bertz CT molecular complexity index is 469. The molecule has 0 amide bonds. The summed E-state index contributed by atoms with van der Waals surface area (Å²) < 4.78 is 11.0. The van der Waals surface area contributed by atoms with E-state index in [2.05, 4.69) is 0 Å². The second kappa shape index (κ2) is 9.33. The smallest absolute Gasteiger partial charge is 0.0946 e. The lowest BCUT2D eigenvalue weighted by Gasteiger charge is -2.19. The minimum atomic E-state index is -0.737. The molecule has 0 bridgehead atoms. The molecule has 0 spiro atoms. The van der Waals surface area contributed by atoms with Gasteiger partial charge in [0.2, 0.25) is 0 Å². The van der Waals surface area contributed by atoms with Crippen molar-refractivity contribution in [2.45, 2.75) is 25.4 Å². The lowest BCUT2D eigenvalue weighted by Crippen LogP contribution is -2.41. The van der Waals surface area contributed by atoms with Crippen LogP contribution in [0.25, 0.3) is 0 Å². The molecule has 2 aromatic carbocycles. The SMILES string of the molecule is N[C@H](COCc1ccccc1)[C@@H](O)COCc1ccccc1. The average Bonchev–Trinajstić information content (AvgIpc) is 2.56. The van der Waals surface area contributed by atoms with Gasteiger partial charge in [0.25, 0.3) is 0 Å². The molecular formula is C18H23NO3. The summed E-state index contributed by atoms with van der Waals surface area (Å²) in [6.45, 7) is 1.46. The molecule has 118 valence electrons. The molecule has 4 nitrogen and oxygen atoms in total. The summed E-state index contributed by atoms with van der Waals surface area (Å²) in [5.74, 6) is 0. The largest absolute Gasteiger partial charge is 0.389 e. The van der Waals surface area contributed by atoms with Crippen LogP contribution in [0.4, 0.5) is 0 Å². The number of hydrogen-bond donors (Lipinski definition) is 2. The highest BCUT2D eigenvalue weighted by Crippen LogP contribution is 2.04. The first-order valence-corrected chi connectivity index (χ1v) is 7.42. The predicted molar refractivity (Wildman–Crippen MR) is 86.2 cm³/mol. The maximum absolute atomic E-state index is 9.96. The van der Waals surface area contributed by atoms with Crippen molar-refractivity contribution < 1.29 is 14.6 Å². The molecule has 0 aliphatic heterocycles. The van der Waals surface area contributed by atoms with Crippen LogP contribution in [-0.2, 0) is 22.7 Å². The van der Waals surface area contributed by atoms with Gasteiger partial charge in [-0.15, -0.1) is 0 Å². The summed E-state index contributed by atoms with van der Waals surface area (Å²) in [4.78, 5) is 0. The van der Waals surface area contributed by atoms with Crippen molar-refractivity contribution >= 4 is 0 Å². The Balaban J connectivity index is 1.61. The van der Waals surface area contributed by atoms with Crippen molar-refractivity contribution in [3.8, 4) is 0 Å². The molecule has 22 heavy (non-hydrogen) atoms. The summed E-state index contributed by atoms with van der Waals surface area (Å²) in [5.41, 5.74) is 8.07. The monoisotopic (exact) mass is 301 g/mol. The minimum absolute atomic E-state index is 0.199. The average molecular weight is 301 g/mol. The molecule has 0 aliphatic carbocycles. The lowest BCUT2D eigenvalue weighted by atomic mass is 10.2. The first kappa shape index (κ1) is 16.6. The van der Waals surface area contributed by atoms with E-state index in [1.165, 1.54) is 0 Å². The number of nitrogens with two attached hydrogens (primary N) is 1. The highest BCUT2D eigenvalue weighted by atomic mass is 16.5. The molecule has 0 fully saturated rings. The zero-order valence-corrected chi connectivity index (χ0v) is 12.6. The van der Waals surface area contributed by atoms with Crippen molar-refractivity contribution in [3.05, 3.63) is 71.8 Å². The van der Waals surface area contributed by atoms with Crippen molar-refractivity contribution in [2.75, 3.05) is 13.2 Å². The van der Waals surface area contributed by atoms with E-state index in [1.807, 2.05) is 60.7 Å². The zero-order valence-electron chi connectivity index (χ0n) is 12.6. The fourth-order valence-corrected chi connectivity index (χ4v) is 1.99. The van der Waals surface area contributed by atoms with Gasteiger partial charge in [0.05, 0.1) is 38.6 Å². The first-order chi connectivity index (χ1) is 10.8. The van der Waals surface area contributed by atoms with Gasteiger partial charge in [-0.05, 0) is 11.1 Å². The maximum Gasteiger partial charge on any atom is 0.0946 e. The van der Waals surface area contributed by atoms with E-state index >= 15 is 0 Å². The molecule has 4 heteroatoms. The predicted octanol–water partition coefficient (Wildman–Crippen LogP) is 2.11. The third kappa shape index (κ3) is 5.95. The maximum atomic E-state index is 9.96. The van der Waals surface area contributed by atoms with E-state index in [4.69, 9.17) is 15.2 Å². The summed E-state index contributed by atoms with van der Waals surface area (Å²) in [7, 11) is 0. The van der Waals surface area contributed by atoms with Gasteiger partial charge < -0.3 is 20.3 Å². The molecule has 2 atom stereocenters. The van der Waals surface area contributed by atoms with Gasteiger partial charge in [-0.1, -0.05) is 60.7 Å². The van der Waals surface area contributed by atoms with Crippen LogP contribution < -0.4 is 5.73 Å². The summed E-state index contributed by atoms with van der Waals surface area (Å²) >= 11 is 0. The van der Waals surface area contributed by atoms with Gasteiger partial charge in [-0.2, -0.15) is 0 Å². The molecule has 0 unspecified atom stereocenters. The van der Waals surface area contributed by atoms with E-state index in [-0.39, 0.29) is 6.61 Å². The number of rotatable bonds is 9. The fraction of sp³-hybridized carbons (Fsp3) is 0.333. The van der Waals surface area contributed by atoms with E-state index in [1.54, 1.807) is 0 Å². The molecule has 0 aliphatic rings. The van der Waals surface area contributed by atoms with Crippen LogP contribution in [0.1, 0.15) is 11.1 Å². The quantitative estimate of drug-likeness (QED) is 0.744. The zero-order chi connectivity index (χ0) is 15.6. The van der Waals surface area contributed by atoms with E-state index in [0.717, 1.165) is 11.1 Å². The molecule has 3 N–H and O–H groups in total. The Hall–Kier alpha value is -1.72. The van der Waals surface area contributed by atoms with Crippen LogP contribution in [0.15, 0.2) is 60.7 Å². The molecule has 2 rings (SSSR count). The Kier molecular flexibility index (Phi) is 7.06. The van der Waals surface area contributed by atoms with E-state index in [9.17, 15) is 5.11 Å². The van der Waals surface area contributed by atoms with Crippen LogP contribution in [0.2, 0.25) is 0 Å². The Morgan fingerprint density at radius 3 is 1.73 bits per heavy atom. The molecule has 2 aromatic rings. The van der Waals surface area contributed by atoms with Crippen molar-refractivity contribution in [3.63, 3.8) is 0 Å². The van der Waals surface area contributed by atoms with Gasteiger partial charge in [-0.25, -0.2) is 0 Å². The third-order valence-corrected chi connectivity index (χ3v) is 3.32. The molecule has 0 saturated carbocycles. The fourth-order valence-electron chi connectivity index (χ4n) is 1.99. The van der Waals surface area contributed by atoms with Crippen LogP contribution in [-0.4, -0.2) is 30.5 Å². The number of aliphatic hydroxyl groups excluding tert-OH is 1. The lowest BCUT2D eigenvalue weighted by molar-refractivity contribution is -0.00710. The number of ether oxygens (including phenoxy) is 2. The first-order valence-electron chi connectivity index (χ1n) is 7.42. The Labute approximate surface area is 131 Å². The second-order valence-corrected chi connectivity index (χ2v) is 5.23. The summed E-state index contributed by atoms with van der Waals surface area (Å²) in [6, 6.07) is 19.2. The van der Waals surface area contributed by atoms with Crippen LogP contribution >= 0.6 is 0 Å². The number of aliphatic hydroxyl groups is 1. The molecule has 0 radical (unpaired) electrons. The molecule has 0 aromatic heterocycles. The topological polar surface area (TPSA) is 64.7 Å². The molecular weight excluding hydrogens is 278 g/mol. The van der Waals surface area contributed by atoms with Crippen molar-refractivity contribution in [2.24, 2.45) is 5.73 Å². The summed E-state index contributed by atoms with van der Waals surface area (Å²) in [6.07, 6.45) is -0.737. The van der Waals surface area contributed by atoms with Gasteiger partial charge >= 0.3 is 0 Å². The van der Waals surface area contributed by atoms with Crippen molar-refractivity contribution in [1.29, 1.82) is 0 Å². The number of hydrogen-bond acceptors (Lipinski definition) is 4. The Morgan fingerprint density at radius 2 is 1.23 bits per heavy atom. The van der Waals surface area contributed by atoms with Gasteiger partial charge in [0.1, 0.15) is 0 Å². The van der Waals surface area contributed by atoms with Crippen LogP contribution in [0.5, 0.6) is 0 Å². The summed E-state index contributed by atoms with van der Waals surface area (Å²) in [5, 5.41) is 9.96. The molecule has 0 heterocycles. The standard InChI is InChI=1S/C18H23NO3/c19-17(13-21-11-15-7-3-1-4-8-15)18(20)14-22-12-16-9-5-2-6-10-16/h1-10,17-18,20H,11-14,19H2/t17-,18+/m1/s1.